The summed E-state index contributed by atoms with van der Waals surface area (Å²) in [4.78, 5) is 4.38. The summed E-state index contributed by atoms with van der Waals surface area (Å²) in [6, 6.07) is 10.8. The monoisotopic (exact) mass is 380 g/mol. The SMILES string of the molecule is Cc1cc(Oc2cccc(I)c2)c(CNC2CC2)cn1. The van der Waals surface area contributed by atoms with Gasteiger partial charge in [0.2, 0.25) is 0 Å². The second-order valence-electron chi connectivity index (χ2n) is 5.15. The molecule has 0 bridgehead atoms. The zero-order chi connectivity index (χ0) is 13.9. The molecular formula is C16H17IN2O. The Bertz CT molecular complexity index is 611. The molecule has 104 valence electrons. The summed E-state index contributed by atoms with van der Waals surface area (Å²) < 4.78 is 7.21. The van der Waals surface area contributed by atoms with Crippen LogP contribution in [0.1, 0.15) is 24.1 Å². The highest BCUT2D eigenvalue weighted by Gasteiger charge is 2.20. The maximum absolute atomic E-state index is 6.04. The van der Waals surface area contributed by atoms with Crippen LogP contribution < -0.4 is 10.1 Å². The fourth-order valence-corrected chi connectivity index (χ4v) is 2.50. The number of hydrogen-bond donors (Lipinski definition) is 1. The summed E-state index contributed by atoms with van der Waals surface area (Å²) in [6.07, 6.45) is 4.48. The molecule has 1 aliphatic rings. The number of nitrogens with zero attached hydrogens (tertiary/aromatic N) is 1. The van der Waals surface area contributed by atoms with E-state index >= 15 is 0 Å². The van der Waals surface area contributed by atoms with Crippen molar-refractivity contribution in [2.24, 2.45) is 0 Å². The summed E-state index contributed by atoms with van der Waals surface area (Å²) in [7, 11) is 0. The maximum Gasteiger partial charge on any atom is 0.135 e. The molecule has 1 heterocycles. The Kier molecular flexibility index (Phi) is 4.21. The van der Waals surface area contributed by atoms with Crippen LogP contribution in [0.25, 0.3) is 0 Å². The molecule has 4 heteroatoms. The molecule has 1 aliphatic carbocycles. The Hall–Kier alpha value is -1.14. The predicted octanol–water partition coefficient (Wildman–Crippen LogP) is 4.04. The number of hydrogen-bond acceptors (Lipinski definition) is 3. The Balaban J connectivity index is 1.80. The smallest absolute Gasteiger partial charge is 0.135 e. The van der Waals surface area contributed by atoms with Crippen molar-refractivity contribution in [3.63, 3.8) is 0 Å². The van der Waals surface area contributed by atoms with E-state index in [0.29, 0.717) is 6.04 Å². The Morgan fingerprint density at radius 1 is 1.35 bits per heavy atom. The van der Waals surface area contributed by atoms with Crippen molar-refractivity contribution in [3.05, 3.63) is 51.4 Å². The summed E-state index contributed by atoms with van der Waals surface area (Å²) in [5.74, 6) is 1.77. The standard InChI is InChI=1S/C16H17IN2O/c1-11-7-16(20-15-4-2-3-13(17)8-15)12(9-18-11)10-19-14-5-6-14/h2-4,7-9,14,19H,5-6,10H2,1H3. The fraction of sp³-hybridized carbons (Fsp3) is 0.312. The topological polar surface area (TPSA) is 34.1 Å². The van der Waals surface area contributed by atoms with E-state index in [1.807, 2.05) is 37.4 Å². The van der Waals surface area contributed by atoms with E-state index in [-0.39, 0.29) is 0 Å². The number of benzene rings is 1. The zero-order valence-corrected chi connectivity index (χ0v) is 13.6. The molecule has 3 rings (SSSR count). The lowest BCUT2D eigenvalue weighted by Crippen LogP contribution is -2.16. The molecule has 20 heavy (non-hydrogen) atoms. The first-order valence-electron chi connectivity index (χ1n) is 6.83. The first-order valence-corrected chi connectivity index (χ1v) is 7.91. The highest BCUT2D eigenvalue weighted by atomic mass is 127. The van der Waals surface area contributed by atoms with Gasteiger partial charge in [-0.25, -0.2) is 0 Å². The third-order valence-electron chi connectivity index (χ3n) is 3.26. The number of nitrogens with one attached hydrogen (secondary N) is 1. The minimum atomic E-state index is 0.682. The summed E-state index contributed by atoms with van der Waals surface area (Å²) in [5, 5.41) is 3.51. The van der Waals surface area contributed by atoms with E-state index in [9.17, 15) is 0 Å². The van der Waals surface area contributed by atoms with Crippen molar-refractivity contribution in [1.82, 2.24) is 10.3 Å². The van der Waals surface area contributed by atoms with Crippen LogP contribution in [0.5, 0.6) is 11.5 Å². The van der Waals surface area contributed by atoms with Crippen LogP contribution in [-0.2, 0) is 6.54 Å². The van der Waals surface area contributed by atoms with Gasteiger partial charge in [0.25, 0.3) is 0 Å². The molecular weight excluding hydrogens is 363 g/mol. The van der Waals surface area contributed by atoms with Gasteiger partial charge < -0.3 is 10.1 Å². The van der Waals surface area contributed by atoms with Gasteiger partial charge in [-0.15, -0.1) is 0 Å². The number of ether oxygens (including phenoxy) is 1. The highest BCUT2D eigenvalue weighted by molar-refractivity contribution is 14.1. The van der Waals surface area contributed by atoms with Crippen LogP contribution in [0.2, 0.25) is 0 Å². The minimum absolute atomic E-state index is 0.682. The van der Waals surface area contributed by atoms with Crippen LogP contribution in [0, 0.1) is 10.5 Å². The van der Waals surface area contributed by atoms with Crippen molar-refractivity contribution < 1.29 is 4.74 Å². The molecule has 0 amide bonds. The van der Waals surface area contributed by atoms with Crippen molar-refractivity contribution in [1.29, 1.82) is 0 Å². The summed E-state index contributed by atoms with van der Waals surface area (Å²) in [6.45, 7) is 2.80. The molecule has 0 radical (unpaired) electrons. The van der Waals surface area contributed by atoms with Gasteiger partial charge in [0.05, 0.1) is 0 Å². The molecule has 1 N–H and O–H groups in total. The second kappa shape index (κ2) is 6.10. The Labute approximate surface area is 132 Å². The number of halogens is 1. The van der Waals surface area contributed by atoms with E-state index in [1.165, 1.54) is 16.4 Å². The quantitative estimate of drug-likeness (QED) is 0.796. The third kappa shape index (κ3) is 3.70. The lowest BCUT2D eigenvalue weighted by Gasteiger charge is -2.12. The number of aromatic nitrogens is 1. The van der Waals surface area contributed by atoms with E-state index in [1.54, 1.807) is 0 Å². The van der Waals surface area contributed by atoms with Crippen LogP contribution >= 0.6 is 22.6 Å². The van der Waals surface area contributed by atoms with Gasteiger partial charge in [0, 0.05) is 39.7 Å². The number of aryl methyl sites for hydroxylation is 1. The zero-order valence-electron chi connectivity index (χ0n) is 11.4. The lowest BCUT2D eigenvalue weighted by atomic mass is 10.2. The van der Waals surface area contributed by atoms with E-state index < -0.39 is 0 Å². The molecule has 1 fully saturated rings. The van der Waals surface area contributed by atoms with Gasteiger partial charge >= 0.3 is 0 Å². The predicted molar refractivity (Wildman–Crippen MR) is 88.1 cm³/mol. The summed E-state index contributed by atoms with van der Waals surface area (Å²) in [5.41, 5.74) is 2.09. The van der Waals surface area contributed by atoms with Crippen molar-refractivity contribution >= 4 is 22.6 Å². The van der Waals surface area contributed by atoms with Crippen molar-refractivity contribution in [3.8, 4) is 11.5 Å². The first-order chi connectivity index (χ1) is 9.70. The molecule has 0 spiro atoms. The molecule has 3 nitrogen and oxygen atoms in total. The number of rotatable bonds is 5. The first kappa shape index (κ1) is 13.8. The average Bonchev–Trinajstić information content (AvgIpc) is 3.22. The normalized spacial score (nSPS) is 14.3. The fourth-order valence-electron chi connectivity index (χ4n) is 1.99. The summed E-state index contributed by atoms with van der Waals surface area (Å²) >= 11 is 2.29. The molecule has 1 saturated carbocycles. The molecule has 2 aromatic rings. The molecule has 1 aromatic heterocycles. The second-order valence-corrected chi connectivity index (χ2v) is 6.39. The molecule has 1 aromatic carbocycles. The van der Waals surface area contributed by atoms with Crippen molar-refractivity contribution in [2.45, 2.75) is 32.4 Å². The van der Waals surface area contributed by atoms with E-state index in [0.717, 1.165) is 29.3 Å². The largest absolute Gasteiger partial charge is 0.457 e. The Morgan fingerprint density at radius 3 is 2.95 bits per heavy atom. The van der Waals surface area contributed by atoms with Crippen LogP contribution in [0.3, 0.4) is 0 Å². The van der Waals surface area contributed by atoms with Crippen LogP contribution in [0.4, 0.5) is 0 Å². The Morgan fingerprint density at radius 2 is 2.20 bits per heavy atom. The minimum Gasteiger partial charge on any atom is -0.457 e. The lowest BCUT2D eigenvalue weighted by molar-refractivity contribution is 0.470. The van der Waals surface area contributed by atoms with Gasteiger partial charge in [0.1, 0.15) is 11.5 Å². The van der Waals surface area contributed by atoms with Gasteiger partial charge in [0.15, 0.2) is 0 Å². The van der Waals surface area contributed by atoms with E-state index in [2.05, 4.69) is 39.0 Å². The highest BCUT2D eigenvalue weighted by Crippen LogP contribution is 2.27. The third-order valence-corrected chi connectivity index (χ3v) is 3.93. The molecule has 0 unspecified atom stereocenters. The maximum atomic E-state index is 6.04. The molecule has 0 atom stereocenters. The molecule has 0 aliphatic heterocycles. The van der Waals surface area contributed by atoms with E-state index in [4.69, 9.17) is 4.74 Å². The van der Waals surface area contributed by atoms with Crippen molar-refractivity contribution in [2.75, 3.05) is 0 Å². The average molecular weight is 380 g/mol. The van der Waals surface area contributed by atoms with Gasteiger partial charge in [-0.1, -0.05) is 6.07 Å². The van der Waals surface area contributed by atoms with Gasteiger partial charge in [-0.05, 0) is 60.6 Å². The van der Waals surface area contributed by atoms with Gasteiger partial charge in [-0.3, -0.25) is 4.98 Å². The van der Waals surface area contributed by atoms with Crippen LogP contribution in [-0.4, -0.2) is 11.0 Å². The molecule has 0 saturated heterocycles. The van der Waals surface area contributed by atoms with Gasteiger partial charge in [-0.2, -0.15) is 0 Å². The number of pyridine rings is 1. The van der Waals surface area contributed by atoms with Crippen LogP contribution in [0.15, 0.2) is 36.5 Å².